The first-order valence-corrected chi connectivity index (χ1v) is 11.5. The molecule has 1 amide bonds. The zero-order valence-corrected chi connectivity index (χ0v) is 17.0. The molecule has 0 unspecified atom stereocenters. The van der Waals surface area contributed by atoms with Crippen LogP contribution in [0.3, 0.4) is 0 Å². The van der Waals surface area contributed by atoms with E-state index in [2.05, 4.69) is 15.2 Å². The van der Waals surface area contributed by atoms with Gasteiger partial charge in [-0.1, -0.05) is 12.1 Å². The molecule has 1 aromatic heterocycles. The lowest BCUT2D eigenvalue weighted by molar-refractivity contribution is -0.117. The highest BCUT2D eigenvalue weighted by Gasteiger charge is 2.25. The standard InChI is InChI=1S/C21H23N3O4S/c1-29(26,27)17-8-6-16(7-9-17)22-20(25)14-24-12-10-15(11-13-24)21-23-18-4-2-3-5-19(18)28-21/h2-9,15H,10-14H2,1H3,(H,22,25). The van der Waals surface area contributed by atoms with Gasteiger partial charge in [0.15, 0.2) is 21.3 Å². The minimum atomic E-state index is -3.24. The Hall–Kier alpha value is -2.71. The molecule has 1 aliphatic rings. The molecule has 0 spiro atoms. The molecule has 0 saturated carbocycles. The fraction of sp³-hybridized carbons (Fsp3) is 0.333. The van der Waals surface area contributed by atoms with E-state index in [9.17, 15) is 13.2 Å². The van der Waals surface area contributed by atoms with Gasteiger partial charge in [0.2, 0.25) is 5.91 Å². The normalized spacial score (nSPS) is 16.2. The monoisotopic (exact) mass is 413 g/mol. The van der Waals surface area contributed by atoms with E-state index in [4.69, 9.17) is 4.42 Å². The molecule has 4 rings (SSSR count). The maximum atomic E-state index is 12.3. The van der Waals surface area contributed by atoms with Crippen molar-refractivity contribution in [3.05, 3.63) is 54.4 Å². The molecule has 0 aliphatic carbocycles. The van der Waals surface area contributed by atoms with Crippen LogP contribution >= 0.6 is 0 Å². The number of para-hydroxylation sites is 2. The molecule has 3 aromatic rings. The number of aromatic nitrogens is 1. The van der Waals surface area contributed by atoms with E-state index < -0.39 is 9.84 Å². The first kappa shape index (κ1) is 19.6. The summed E-state index contributed by atoms with van der Waals surface area (Å²) in [5.74, 6) is 0.934. The SMILES string of the molecule is CS(=O)(=O)c1ccc(NC(=O)CN2CCC(c3nc4ccccc4o3)CC2)cc1. The Morgan fingerprint density at radius 2 is 1.83 bits per heavy atom. The lowest BCUT2D eigenvalue weighted by Crippen LogP contribution is -2.38. The number of rotatable bonds is 5. The van der Waals surface area contributed by atoms with Crippen LogP contribution in [0.2, 0.25) is 0 Å². The van der Waals surface area contributed by atoms with Crippen LogP contribution in [0.15, 0.2) is 57.8 Å². The average Bonchev–Trinajstić information content (AvgIpc) is 3.12. The molecule has 1 saturated heterocycles. The highest BCUT2D eigenvalue weighted by molar-refractivity contribution is 7.90. The Morgan fingerprint density at radius 1 is 1.14 bits per heavy atom. The Morgan fingerprint density at radius 3 is 2.48 bits per heavy atom. The van der Waals surface area contributed by atoms with Gasteiger partial charge < -0.3 is 9.73 Å². The number of oxazole rings is 1. The van der Waals surface area contributed by atoms with Crippen molar-refractivity contribution in [2.24, 2.45) is 0 Å². The van der Waals surface area contributed by atoms with Crippen molar-refractivity contribution >= 4 is 32.5 Å². The second-order valence-corrected chi connectivity index (χ2v) is 9.43. The lowest BCUT2D eigenvalue weighted by atomic mass is 9.97. The van der Waals surface area contributed by atoms with Crippen molar-refractivity contribution in [3.63, 3.8) is 0 Å². The smallest absolute Gasteiger partial charge is 0.238 e. The third-order valence-corrected chi connectivity index (χ3v) is 6.31. The number of sulfone groups is 1. The molecule has 1 aliphatic heterocycles. The van der Waals surface area contributed by atoms with Gasteiger partial charge in [0.25, 0.3) is 0 Å². The summed E-state index contributed by atoms with van der Waals surface area (Å²) in [5.41, 5.74) is 2.28. The number of likely N-dealkylation sites (tertiary alicyclic amines) is 1. The predicted molar refractivity (Wildman–Crippen MR) is 111 cm³/mol. The van der Waals surface area contributed by atoms with Gasteiger partial charge in [-0.25, -0.2) is 13.4 Å². The van der Waals surface area contributed by atoms with Gasteiger partial charge in [0.05, 0.1) is 11.4 Å². The number of benzene rings is 2. The second kappa shape index (κ2) is 7.96. The van der Waals surface area contributed by atoms with Crippen molar-refractivity contribution in [1.29, 1.82) is 0 Å². The van der Waals surface area contributed by atoms with Gasteiger partial charge in [-0.3, -0.25) is 9.69 Å². The molecule has 0 bridgehead atoms. The summed E-state index contributed by atoms with van der Waals surface area (Å²) in [6.07, 6.45) is 2.94. The van der Waals surface area contributed by atoms with Gasteiger partial charge in [0.1, 0.15) is 5.52 Å². The highest BCUT2D eigenvalue weighted by atomic mass is 32.2. The Balaban J connectivity index is 1.29. The molecular formula is C21H23N3O4S. The molecule has 8 heteroatoms. The topological polar surface area (TPSA) is 92.5 Å². The number of anilines is 1. The fourth-order valence-electron chi connectivity index (χ4n) is 3.59. The summed E-state index contributed by atoms with van der Waals surface area (Å²) in [6.45, 7) is 1.89. The summed E-state index contributed by atoms with van der Waals surface area (Å²) < 4.78 is 28.9. The van der Waals surface area contributed by atoms with E-state index >= 15 is 0 Å². The minimum absolute atomic E-state index is 0.114. The second-order valence-electron chi connectivity index (χ2n) is 7.41. The summed E-state index contributed by atoms with van der Waals surface area (Å²) >= 11 is 0. The zero-order chi connectivity index (χ0) is 20.4. The highest BCUT2D eigenvalue weighted by Crippen LogP contribution is 2.29. The van der Waals surface area contributed by atoms with Crippen LogP contribution in [0.5, 0.6) is 0 Å². The van der Waals surface area contributed by atoms with Crippen LogP contribution < -0.4 is 5.32 Å². The van der Waals surface area contributed by atoms with E-state index in [0.717, 1.165) is 49.2 Å². The summed E-state index contributed by atoms with van der Waals surface area (Å²) in [5, 5.41) is 2.82. The number of nitrogens with one attached hydrogen (secondary N) is 1. The Kier molecular flexibility index (Phi) is 5.38. The molecule has 7 nitrogen and oxygen atoms in total. The third kappa shape index (κ3) is 4.65. The largest absolute Gasteiger partial charge is 0.440 e. The maximum absolute atomic E-state index is 12.3. The van der Waals surface area contributed by atoms with Gasteiger partial charge >= 0.3 is 0 Å². The van der Waals surface area contributed by atoms with E-state index in [1.807, 2.05) is 24.3 Å². The van der Waals surface area contributed by atoms with Crippen LogP contribution in [0.25, 0.3) is 11.1 Å². The van der Waals surface area contributed by atoms with Crippen LogP contribution in [0.1, 0.15) is 24.7 Å². The molecule has 0 radical (unpaired) electrons. The first-order valence-electron chi connectivity index (χ1n) is 9.56. The van der Waals surface area contributed by atoms with Gasteiger partial charge in [0, 0.05) is 17.9 Å². The minimum Gasteiger partial charge on any atom is -0.440 e. The summed E-state index contributed by atoms with van der Waals surface area (Å²) in [7, 11) is -3.24. The summed E-state index contributed by atoms with van der Waals surface area (Å²) in [4.78, 5) is 19.3. The fourth-order valence-corrected chi connectivity index (χ4v) is 4.22. The van der Waals surface area contributed by atoms with Crippen molar-refractivity contribution in [3.8, 4) is 0 Å². The predicted octanol–water partition coefficient (Wildman–Crippen LogP) is 3.05. The number of nitrogens with zero attached hydrogens (tertiary/aromatic N) is 2. The van der Waals surface area contributed by atoms with Crippen LogP contribution in [0, 0.1) is 0 Å². The number of carbonyl (C=O) groups excluding carboxylic acids is 1. The molecule has 1 fully saturated rings. The molecule has 29 heavy (non-hydrogen) atoms. The number of piperidine rings is 1. The lowest BCUT2D eigenvalue weighted by Gasteiger charge is -2.29. The van der Waals surface area contributed by atoms with E-state index in [-0.39, 0.29) is 16.7 Å². The van der Waals surface area contributed by atoms with Crippen LogP contribution in [0.4, 0.5) is 5.69 Å². The van der Waals surface area contributed by atoms with Crippen molar-refractivity contribution in [2.45, 2.75) is 23.7 Å². The molecule has 2 heterocycles. The number of amides is 1. The zero-order valence-electron chi connectivity index (χ0n) is 16.2. The number of fused-ring (bicyclic) bond motifs is 1. The van der Waals surface area contributed by atoms with Crippen LogP contribution in [-0.4, -0.2) is 50.1 Å². The molecule has 2 aromatic carbocycles. The average molecular weight is 413 g/mol. The Bertz CT molecular complexity index is 1080. The molecule has 0 atom stereocenters. The van der Waals surface area contributed by atoms with E-state index in [1.165, 1.54) is 12.1 Å². The number of hydrogen-bond acceptors (Lipinski definition) is 6. The number of hydrogen-bond donors (Lipinski definition) is 1. The third-order valence-electron chi connectivity index (χ3n) is 5.18. The summed E-state index contributed by atoms with van der Waals surface area (Å²) in [6, 6.07) is 14.0. The molecule has 1 N–H and O–H groups in total. The molecule has 152 valence electrons. The van der Waals surface area contributed by atoms with E-state index in [1.54, 1.807) is 12.1 Å². The van der Waals surface area contributed by atoms with Gasteiger partial charge in [-0.05, 0) is 62.3 Å². The Labute approximate surface area is 169 Å². The van der Waals surface area contributed by atoms with Crippen molar-refractivity contribution < 1.29 is 17.6 Å². The quantitative estimate of drug-likeness (QED) is 0.691. The van der Waals surface area contributed by atoms with Gasteiger partial charge in [-0.15, -0.1) is 0 Å². The number of carbonyl (C=O) groups is 1. The van der Waals surface area contributed by atoms with Crippen molar-refractivity contribution in [2.75, 3.05) is 31.2 Å². The van der Waals surface area contributed by atoms with E-state index in [0.29, 0.717) is 12.2 Å². The van der Waals surface area contributed by atoms with Gasteiger partial charge in [-0.2, -0.15) is 0 Å². The maximum Gasteiger partial charge on any atom is 0.238 e. The van der Waals surface area contributed by atoms with Crippen LogP contribution in [-0.2, 0) is 14.6 Å². The first-order chi connectivity index (χ1) is 13.9. The molecular weight excluding hydrogens is 390 g/mol. The van der Waals surface area contributed by atoms with Crippen molar-refractivity contribution in [1.82, 2.24) is 9.88 Å².